The lowest BCUT2D eigenvalue weighted by molar-refractivity contribution is -0.139. The van der Waals surface area contributed by atoms with Gasteiger partial charge in [0, 0.05) is 19.1 Å². The average Bonchev–Trinajstić information content (AvgIpc) is 2.80. The number of likely N-dealkylation sites (tertiary alicyclic amines) is 1. The molecule has 2 rings (SSSR count). The molecule has 1 aliphatic heterocycles. The Labute approximate surface area is 150 Å². The molecule has 1 saturated heterocycles. The molecule has 5 nitrogen and oxygen atoms in total. The van der Waals surface area contributed by atoms with E-state index in [-0.39, 0.29) is 18.5 Å². The molecule has 1 aliphatic rings. The van der Waals surface area contributed by atoms with Crippen LogP contribution in [0.3, 0.4) is 0 Å². The number of benzene rings is 1. The highest BCUT2D eigenvalue weighted by Gasteiger charge is 2.35. The molecular weight excluding hydrogens is 316 g/mol. The maximum absolute atomic E-state index is 13.1. The van der Waals surface area contributed by atoms with Crippen LogP contribution in [0, 0.1) is 6.92 Å². The van der Waals surface area contributed by atoms with E-state index in [0.29, 0.717) is 6.54 Å². The van der Waals surface area contributed by atoms with Crippen molar-refractivity contribution in [1.82, 2.24) is 9.80 Å². The van der Waals surface area contributed by atoms with Gasteiger partial charge in [-0.05, 0) is 52.6 Å². The number of rotatable bonds is 5. The topological polar surface area (TPSA) is 60.9 Å². The van der Waals surface area contributed by atoms with Gasteiger partial charge in [-0.2, -0.15) is 0 Å². The van der Waals surface area contributed by atoms with Gasteiger partial charge in [0.2, 0.25) is 5.91 Å². The summed E-state index contributed by atoms with van der Waals surface area (Å²) >= 11 is 0. The maximum atomic E-state index is 13.1. The fourth-order valence-corrected chi connectivity index (χ4v) is 3.55. The number of carboxylic acids is 1. The molecule has 1 heterocycles. The third-order valence-corrected chi connectivity index (χ3v) is 5.30. The quantitative estimate of drug-likeness (QED) is 0.890. The third kappa shape index (κ3) is 4.82. The Hall–Kier alpha value is -1.88. The number of hydrogen-bond donors (Lipinski definition) is 1. The highest BCUT2D eigenvalue weighted by atomic mass is 16.4. The second-order valence-corrected chi connectivity index (χ2v) is 7.68. The molecule has 0 saturated carbocycles. The fraction of sp³-hybridized carbons (Fsp3) is 0.600. The maximum Gasteiger partial charge on any atom is 0.317 e. The zero-order valence-electron chi connectivity index (χ0n) is 15.8. The van der Waals surface area contributed by atoms with E-state index in [1.807, 2.05) is 61.9 Å². The summed E-state index contributed by atoms with van der Waals surface area (Å²) in [4.78, 5) is 27.9. The van der Waals surface area contributed by atoms with Crippen molar-refractivity contribution in [3.63, 3.8) is 0 Å². The first kappa shape index (κ1) is 19.4. The number of nitrogens with zero attached hydrogens (tertiary/aromatic N) is 2. The standard InChI is InChI=1S/C20H30N2O3/c1-15-7-9-16(10-8-15)20(2,3)19(25)22-12-5-6-17(11-13-22)21(4)14-18(23)24/h7-10,17H,5-6,11-14H2,1-4H3,(H,23,24). The van der Waals surface area contributed by atoms with Crippen LogP contribution >= 0.6 is 0 Å². The molecule has 1 fully saturated rings. The van der Waals surface area contributed by atoms with E-state index in [4.69, 9.17) is 5.11 Å². The monoisotopic (exact) mass is 346 g/mol. The molecule has 1 atom stereocenters. The number of hydrogen-bond acceptors (Lipinski definition) is 3. The van der Waals surface area contributed by atoms with Gasteiger partial charge in [0.1, 0.15) is 0 Å². The van der Waals surface area contributed by atoms with Crippen molar-refractivity contribution >= 4 is 11.9 Å². The Kier molecular flexibility index (Phi) is 6.22. The predicted molar refractivity (Wildman–Crippen MR) is 98.7 cm³/mol. The molecule has 1 unspecified atom stereocenters. The lowest BCUT2D eigenvalue weighted by Crippen LogP contribution is -2.44. The zero-order chi connectivity index (χ0) is 18.6. The first-order valence-electron chi connectivity index (χ1n) is 9.00. The second kappa shape index (κ2) is 8.00. The van der Waals surface area contributed by atoms with Gasteiger partial charge in [-0.25, -0.2) is 0 Å². The Morgan fingerprint density at radius 3 is 2.44 bits per heavy atom. The van der Waals surface area contributed by atoms with Gasteiger partial charge in [-0.15, -0.1) is 0 Å². The van der Waals surface area contributed by atoms with Crippen molar-refractivity contribution in [1.29, 1.82) is 0 Å². The van der Waals surface area contributed by atoms with Crippen molar-refractivity contribution in [2.24, 2.45) is 0 Å². The van der Waals surface area contributed by atoms with Crippen LogP contribution in [0.5, 0.6) is 0 Å². The second-order valence-electron chi connectivity index (χ2n) is 7.68. The van der Waals surface area contributed by atoms with Crippen molar-refractivity contribution in [2.45, 2.75) is 51.5 Å². The minimum absolute atomic E-state index is 0.0491. The fourth-order valence-electron chi connectivity index (χ4n) is 3.55. The summed E-state index contributed by atoms with van der Waals surface area (Å²) in [5.74, 6) is -0.655. The largest absolute Gasteiger partial charge is 0.480 e. The van der Waals surface area contributed by atoms with Gasteiger partial charge in [0.05, 0.1) is 12.0 Å². The molecule has 138 valence electrons. The zero-order valence-corrected chi connectivity index (χ0v) is 15.8. The Balaban J connectivity index is 2.04. The number of aryl methyl sites for hydroxylation is 1. The molecule has 1 aromatic rings. The Morgan fingerprint density at radius 1 is 1.20 bits per heavy atom. The van der Waals surface area contributed by atoms with Crippen molar-refractivity contribution in [2.75, 3.05) is 26.7 Å². The van der Waals surface area contributed by atoms with Crippen LogP contribution < -0.4 is 0 Å². The van der Waals surface area contributed by atoms with E-state index in [0.717, 1.165) is 31.4 Å². The number of likely N-dealkylation sites (N-methyl/N-ethyl adjacent to an activating group) is 1. The van der Waals surface area contributed by atoms with Crippen molar-refractivity contribution < 1.29 is 14.7 Å². The van der Waals surface area contributed by atoms with E-state index < -0.39 is 11.4 Å². The molecule has 0 radical (unpaired) electrons. The highest BCUT2D eigenvalue weighted by molar-refractivity contribution is 5.87. The summed E-state index contributed by atoms with van der Waals surface area (Å²) < 4.78 is 0. The van der Waals surface area contributed by atoms with Crippen LogP contribution in [0.4, 0.5) is 0 Å². The molecule has 5 heteroatoms. The van der Waals surface area contributed by atoms with Gasteiger partial charge in [-0.1, -0.05) is 29.8 Å². The lowest BCUT2D eigenvalue weighted by atomic mass is 9.82. The third-order valence-electron chi connectivity index (χ3n) is 5.30. The number of carbonyl (C=O) groups is 2. The molecule has 0 aliphatic carbocycles. The summed E-state index contributed by atoms with van der Waals surface area (Å²) in [6.07, 6.45) is 2.66. The van der Waals surface area contributed by atoms with Crippen LogP contribution in [0.15, 0.2) is 24.3 Å². The molecule has 0 aromatic heterocycles. The van der Waals surface area contributed by atoms with E-state index in [1.165, 1.54) is 5.56 Å². The summed E-state index contributed by atoms with van der Waals surface area (Å²) in [5, 5.41) is 8.97. The first-order chi connectivity index (χ1) is 11.7. The molecule has 0 spiro atoms. The first-order valence-corrected chi connectivity index (χ1v) is 9.00. The van der Waals surface area contributed by atoms with E-state index in [1.54, 1.807) is 0 Å². The number of aliphatic carboxylic acids is 1. The SMILES string of the molecule is Cc1ccc(C(C)(C)C(=O)N2CCCC(N(C)CC(=O)O)CC2)cc1. The van der Waals surface area contributed by atoms with Crippen LogP contribution in [0.25, 0.3) is 0 Å². The number of carboxylic acid groups (broad SMARTS) is 1. The number of carbonyl (C=O) groups excluding carboxylic acids is 1. The molecule has 0 bridgehead atoms. The smallest absolute Gasteiger partial charge is 0.317 e. The van der Waals surface area contributed by atoms with Crippen LogP contribution in [-0.4, -0.2) is 59.5 Å². The van der Waals surface area contributed by atoms with Crippen LogP contribution in [0.1, 0.15) is 44.2 Å². The van der Waals surface area contributed by atoms with Gasteiger partial charge in [-0.3, -0.25) is 14.5 Å². The van der Waals surface area contributed by atoms with Crippen molar-refractivity contribution in [3.8, 4) is 0 Å². The van der Waals surface area contributed by atoms with Crippen LogP contribution in [-0.2, 0) is 15.0 Å². The minimum Gasteiger partial charge on any atom is -0.480 e. The summed E-state index contributed by atoms with van der Waals surface area (Å²) in [7, 11) is 1.85. The van der Waals surface area contributed by atoms with Gasteiger partial charge < -0.3 is 10.0 Å². The predicted octanol–water partition coefficient (Wildman–Crippen LogP) is 2.67. The van der Waals surface area contributed by atoms with Gasteiger partial charge in [0.15, 0.2) is 0 Å². The molecule has 25 heavy (non-hydrogen) atoms. The summed E-state index contributed by atoms with van der Waals surface area (Å²) in [5.41, 5.74) is 1.67. The van der Waals surface area contributed by atoms with Gasteiger partial charge >= 0.3 is 5.97 Å². The van der Waals surface area contributed by atoms with E-state index >= 15 is 0 Å². The Morgan fingerprint density at radius 2 is 1.84 bits per heavy atom. The van der Waals surface area contributed by atoms with E-state index in [9.17, 15) is 9.59 Å². The van der Waals surface area contributed by atoms with Crippen LogP contribution in [0.2, 0.25) is 0 Å². The molecular formula is C20H30N2O3. The summed E-state index contributed by atoms with van der Waals surface area (Å²) in [6.45, 7) is 7.49. The molecule has 1 aromatic carbocycles. The highest BCUT2D eigenvalue weighted by Crippen LogP contribution is 2.28. The lowest BCUT2D eigenvalue weighted by Gasteiger charge is -2.32. The van der Waals surface area contributed by atoms with Crippen molar-refractivity contribution in [3.05, 3.63) is 35.4 Å². The Bertz CT molecular complexity index is 610. The van der Waals surface area contributed by atoms with Gasteiger partial charge in [0.25, 0.3) is 0 Å². The van der Waals surface area contributed by atoms with E-state index in [2.05, 4.69) is 0 Å². The number of amides is 1. The normalized spacial score (nSPS) is 18.9. The summed E-state index contributed by atoms with van der Waals surface area (Å²) in [6, 6.07) is 8.38. The average molecular weight is 346 g/mol. The minimum atomic E-state index is -0.805. The molecule has 1 amide bonds. The molecule has 1 N–H and O–H groups in total.